The molecule has 1 aromatic carbocycles. The van der Waals surface area contributed by atoms with Crippen molar-refractivity contribution in [2.75, 3.05) is 13.1 Å². The molecule has 1 amide bonds. The highest BCUT2D eigenvalue weighted by molar-refractivity contribution is 7.18. The number of piperidine rings is 1. The van der Waals surface area contributed by atoms with Gasteiger partial charge >= 0.3 is 0 Å². The molecule has 1 aromatic heterocycles. The van der Waals surface area contributed by atoms with Crippen molar-refractivity contribution in [3.63, 3.8) is 0 Å². The lowest BCUT2D eigenvalue weighted by molar-refractivity contribution is -0.133. The summed E-state index contributed by atoms with van der Waals surface area (Å²) in [7, 11) is 0. The van der Waals surface area contributed by atoms with Crippen LogP contribution in [0.25, 0.3) is 0 Å². The van der Waals surface area contributed by atoms with Crippen molar-refractivity contribution >= 4 is 34.6 Å². The lowest BCUT2D eigenvalue weighted by Crippen LogP contribution is -2.39. The number of halogens is 1. The molecule has 2 aromatic rings. The second-order valence-corrected chi connectivity index (χ2v) is 8.32. The maximum absolute atomic E-state index is 12.4. The molecular weight excluding hydrogens is 370 g/mol. The molecule has 0 aliphatic carbocycles. The zero-order valence-corrected chi connectivity index (χ0v) is 16.0. The summed E-state index contributed by atoms with van der Waals surface area (Å²) < 4.78 is 0.582. The van der Waals surface area contributed by atoms with E-state index < -0.39 is 6.10 Å². The first-order valence-electron chi connectivity index (χ1n) is 8.84. The molecule has 0 radical (unpaired) electrons. The first-order valence-corrected chi connectivity index (χ1v) is 10.0. The van der Waals surface area contributed by atoms with Crippen LogP contribution in [-0.2, 0) is 4.79 Å². The number of hydrogen-bond donors (Lipinski definition) is 1. The van der Waals surface area contributed by atoms with Gasteiger partial charge in [-0.05, 0) is 36.5 Å². The largest absolute Gasteiger partial charge is 0.388 e. The van der Waals surface area contributed by atoms with E-state index in [1.807, 2.05) is 35.2 Å². The second kappa shape index (κ2) is 8.80. The van der Waals surface area contributed by atoms with Crippen molar-refractivity contribution in [3.05, 3.63) is 57.2 Å². The molecule has 1 N–H and O–H groups in total. The van der Waals surface area contributed by atoms with Gasteiger partial charge in [-0.25, -0.2) is 0 Å². The molecule has 0 bridgehead atoms. The van der Waals surface area contributed by atoms with Crippen molar-refractivity contribution in [1.82, 2.24) is 4.90 Å². The van der Waals surface area contributed by atoms with Gasteiger partial charge in [0.25, 0.3) is 0 Å². The molecule has 3 rings (SSSR count). The van der Waals surface area contributed by atoms with Gasteiger partial charge in [-0.3, -0.25) is 9.59 Å². The summed E-state index contributed by atoms with van der Waals surface area (Å²) in [6, 6.07) is 13.1. The van der Waals surface area contributed by atoms with E-state index >= 15 is 0 Å². The van der Waals surface area contributed by atoms with E-state index in [9.17, 15) is 14.7 Å². The summed E-state index contributed by atoms with van der Waals surface area (Å²) in [6.45, 7) is 1.26. The summed E-state index contributed by atoms with van der Waals surface area (Å²) in [5.41, 5.74) is 0.928. The number of likely N-dealkylation sites (tertiary alicyclic amines) is 1. The number of carbonyl (C=O) groups is 2. The van der Waals surface area contributed by atoms with Crippen molar-refractivity contribution in [3.8, 4) is 0 Å². The maximum Gasteiger partial charge on any atom is 0.223 e. The van der Waals surface area contributed by atoms with Crippen LogP contribution in [0.15, 0.2) is 42.5 Å². The lowest BCUT2D eigenvalue weighted by atomic mass is 9.87. The number of carbonyl (C=O) groups excluding carboxylic acids is 2. The number of thiophene rings is 1. The Morgan fingerprint density at radius 3 is 2.42 bits per heavy atom. The highest BCUT2D eigenvalue weighted by Crippen LogP contribution is 2.31. The number of benzene rings is 1. The zero-order chi connectivity index (χ0) is 18.5. The van der Waals surface area contributed by atoms with Crippen LogP contribution >= 0.6 is 22.9 Å². The van der Waals surface area contributed by atoms with E-state index in [2.05, 4.69) is 0 Å². The third kappa shape index (κ3) is 4.72. The number of amides is 1. The van der Waals surface area contributed by atoms with Crippen LogP contribution < -0.4 is 0 Å². The average Bonchev–Trinajstić information content (AvgIpc) is 3.12. The van der Waals surface area contributed by atoms with Gasteiger partial charge in [-0.15, -0.1) is 11.3 Å². The number of nitrogens with zero attached hydrogens (tertiary/aromatic N) is 1. The Morgan fingerprint density at radius 2 is 1.81 bits per heavy atom. The topological polar surface area (TPSA) is 57.6 Å². The Labute approximate surface area is 162 Å². The van der Waals surface area contributed by atoms with Crippen molar-refractivity contribution in [2.24, 2.45) is 5.92 Å². The molecule has 26 heavy (non-hydrogen) atoms. The number of ketones is 1. The third-order valence-corrected chi connectivity index (χ3v) is 6.17. The van der Waals surface area contributed by atoms with Crippen LogP contribution in [-0.4, -0.2) is 34.8 Å². The first-order chi connectivity index (χ1) is 12.5. The first kappa shape index (κ1) is 19.1. The van der Waals surface area contributed by atoms with Gasteiger partial charge in [0.1, 0.15) is 0 Å². The number of aliphatic hydroxyl groups excluding tert-OH is 1. The van der Waals surface area contributed by atoms with Gasteiger partial charge in [0.05, 0.1) is 15.3 Å². The second-order valence-electron chi connectivity index (χ2n) is 6.60. The number of Topliss-reactive ketones (excluding diaryl/α,β-unsaturated/α-hetero) is 1. The maximum atomic E-state index is 12.4. The standard InChI is InChI=1S/C20H22ClNO3S/c21-18-8-7-17(26-18)16(23)6-9-19(24)22-12-10-15(11-13-22)20(25)14-4-2-1-3-5-14/h1-5,7-8,15,20,25H,6,9-13H2. The Hall–Kier alpha value is -1.69. The molecule has 1 unspecified atom stereocenters. The van der Waals surface area contributed by atoms with Crippen LogP contribution in [0.2, 0.25) is 4.34 Å². The molecule has 1 fully saturated rings. The van der Waals surface area contributed by atoms with E-state index in [-0.39, 0.29) is 30.4 Å². The van der Waals surface area contributed by atoms with Gasteiger partial charge in [0, 0.05) is 25.9 Å². The fourth-order valence-corrected chi connectivity index (χ4v) is 4.36. The molecule has 1 saturated heterocycles. The van der Waals surface area contributed by atoms with Gasteiger partial charge < -0.3 is 10.0 Å². The van der Waals surface area contributed by atoms with E-state index in [4.69, 9.17) is 11.6 Å². The fourth-order valence-electron chi connectivity index (χ4n) is 3.35. The lowest BCUT2D eigenvalue weighted by Gasteiger charge is -2.34. The Kier molecular flexibility index (Phi) is 6.46. The van der Waals surface area contributed by atoms with Crippen molar-refractivity contribution in [1.29, 1.82) is 0 Å². The van der Waals surface area contributed by atoms with Crippen LogP contribution in [0.3, 0.4) is 0 Å². The molecule has 4 nitrogen and oxygen atoms in total. The molecule has 1 aliphatic heterocycles. The summed E-state index contributed by atoms with van der Waals surface area (Å²) in [4.78, 5) is 26.9. The van der Waals surface area contributed by atoms with E-state index in [0.717, 1.165) is 18.4 Å². The summed E-state index contributed by atoms with van der Waals surface area (Å²) >= 11 is 7.09. The number of aliphatic hydroxyl groups is 1. The highest BCUT2D eigenvalue weighted by Gasteiger charge is 2.28. The third-order valence-electron chi connectivity index (χ3n) is 4.89. The molecule has 0 spiro atoms. The van der Waals surface area contributed by atoms with E-state index in [1.54, 1.807) is 12.1 Å². The molecule has 1 atom stereocenters. The molecule has 0 saturated carbocycles. The molecular formula is C20H22ClNO3S. The van der Waals surface area contributed by atoms with Crippen LogP contribution in [0.5, 0.6) is 0 Å². The SMILES string of the molecule is O=C(CCC(=O)N1CCC(C(O)c2ccccc2)CC1)c1ccc(Cl)s1. The normalized spacial score (nSPS) is 16.5. The zero-order valence-electron chi connectivity index (χ0n) is 14.4. The molecule has 1 aliphatic rings. The fraction of sp³-hybridized carbons (Fsp3) is 0.400. The van der Waals surface area contributed by atoms with Crippen molar-refractivity contribution < 1.29 is 14.7 Å². The Morgan fingerprint density at radius 1 is 1.12 bits per heavy atom. The predicted octanol–water partition coefficient (Wildman–Crippen LogP) is 4.34. The highest BCUT2D eigenvalue weighted by atomic mass is 35.5. The summed E-state index contributed by atoms with van der Waals surface area (Å²) in [5, 5.41) is 10.5. The quantitative estimate of drug-likeness (QED) is 0.745. The van der Waals surface area contributed by atoms with Gasteiger partial charge in [0.2, 0.25) is 5.91 Å². The number of rotatable bonds is 6. The van der Waals surface area contributed by atoms with Gasteiger partial charge in [0.15, 0.2) is 5.78 Å². The van der Waals surface area contributed by atoms with Crippen LogP contribution in [0, 0.1) is 5.92 Å². The minimum Gasteiger partial charge on any atom is -0.388 e. The number of hydrogen-bond acceptors (Lipinski definition) is 4. The average molecular weight is 392 g/mol. The molecule has 6 heteroatoms. The van der Waals surface area contributed by atoms with Crippen LogP contribution in [0.4, 0.5) is 0 Å². The summed E-state index contributed by atoms with van der Waals surface area (Å²) in [5.74, 6) is 0.134. The van der Waals surface area contributed by atoms with Crippen LogP contribution in [0.1, 0.15) is 47.0 Å². The molecule has 2 heterocycles. The Balaban J connectivity index is 1.45. The smallest absolute Gasteiger partial charge is 0.223 e. The molecule has 138 valence electrons. The van der Waals surface area contributed by atoms with E-state index in [0.29, 0.717) is 22.3 Å². The summed E-state index contributed by atoms with van der Waals surface area (Å²) in [6.07, 6.45) is 1.49. The van der Waals surface area contributed by atoms with E-state index in [1.165, 1.54) is 11.3 Å². The minimum atomic E-state index is -0.487. The Bertz CT molecular complexity index is 753. The monoisotopic (exact) mass is 391 g/mol. The van der Waals surface area contributed by atoms with Gasteiger partial charge in [-0.2, -0.15) is 0 Å². The van der Waals surface area contributed by atoms with Crippen molar-refractivity contribution in [2.45, 2.75) is 31.8 Å². The predicted molar refractivity (Wildman–Crippen MR) is 104 cm³/mol. The van der Waals surface area contributed by atoms with Gasteiger partial charge in [-0.1, -0.05) is 41.9 Å². The minimum absolute atomic E-state index is 0.00801.